The van der Waals surface area contributed by atoms with Crippen LogP contribution in [0.4, 0.5) is 23.2 Å². The van der Waals surface area contributed by atoms with E-state index in [4.69, 9.17) is 11.6 Å². The Morgan fingerprint density at radius 2 is 2.00 bits per heavy atom. The number of alkyl halides is 3. The van der Waals surface area contributed by atoms with Gasteiger partial charge < -0.3 is 10.5 Å². The molecule has 0 saturated heterocycles. The normalized spacial score (nSPS) is 12.8. The van der Waals surface area contributed by atoms with Gasteiger partial charge in [0.05, 0.1) is 16.4 Å². The molecular weight excluding hydrogens is 566 g/mol. The van der Waals surface area contributed by atoms with Crippen LogP contribution in [0.2, 0.25) is 5.02 Å². The van der Waals surface area contributed by atoms with E-state index in [2.05, 4.69) is 35.2 Å². The number of benzene rings is 1. The smallest absolute Gasteiger partial charge is 0.409 e. The summed E-state index contributed by atoms with van der Waals surface area (Å²) >= 11 is 6.44. The number of oxime groups is 1. The van der Waals surface area contributed by atoms with Crippen LogP contribution in [-0.2, 0) is 29.8 Å². The third-order valence-electron chi connectivity index (χ3n) is 4.76. The molecule has 1 aromatic carbocycles. The summed E-state index contributed by atoms with van der Waals surface area (Å²) < 4.78 is 85.4. The molecule has 3 heterocycles. The van der Waals surface area contributed by atoms with Gasteiger partial charge in [0.15, 0.2) is 5.69 Å². The summed E-state index contributed by atoms with van der Waals surface area (Å²) in [4.78, 5) is 0.201. The van der Waals surface area contributed by atoms with Crippen LogP contribution < -0.4 is 10.0 Å². The largest absolute Gasteiger partial charge is 0.433 e. The van der Waals surface area contributed by atoms with Gasteiger partial charge in [-0.05, 0) is 41.6 Å². The van der Waals surface area contributed by atoms with Gasteiger partial charge in [0.25, 0.3) is 0 Å². The van der Waals surface area contributed by atoms with Crippen molar-refractivity contribution in [3.05, 3.63) is 64.3 Å². The van der Waals surface area contributed by atoms with Crippen molar-refractivity contribution in [1.29, 1.82) is 0 Å². The maximum atomic E-state index is 13.4. The lowest BCUT2D eigenvalue weighted by Gasteiger charge is -2.08. The van der Waals surface area contributed by atoms with E-state index >= 15 is 0 Å². The predicted molar refractivity (Wildman–Crippen MR) is 123 cm³/mol. The van der Waals surface area contributed by atoms with Crippen LogP contribution in [-0.4, -0.2) is 39.6 Å². The van der Waals surface area contributed by atoms with Crippen LogP contribution in [0.3, 0.4) is 0 Å². The van der Waals surface area contributed by atoms with E-state index in [1.54, 1.807) is 0 Å². The number of aryl methyl sites for hydroxylation is 1. The Morgan fingerprint density at radius 1 is 1.24 bits per heavy atom. The van der Waals surface area contributed by atoms with Crippen LogP contribution in [0, 0.1) is 5.82 Å². The number of sulfonamides is 1. The van der Waals surface area contributed by atoms with Crippen molar-refractivity contribution < 1.29 is 35.8 Å². The van der Waals surface area contributed by atoms with Gasteiger partial charge in [0.1, 0.15) is 27.1 Å². The molecular formula is C19H14ClF4N7O4S2. The van der Waals surface area contributed by atoms with Crippen molar-refractivity contribution in [2.24, 2.45) is 12.2 Å². The average Bonchev–Trinajstić information content (AvgIpc) is 3.57. The van der Waals surface area contributed by atoms with Crippen molar-refractivity contribution in [3.63, 3.8) is 0 Å². The summed E-state index contributed by atoms with van der Waals surface area (Å²) in [6, 6.07) is 6.95. The molecule has 0 fully saturated rings. The Labute approximate surface area is 214 Å². The zero-order valence-corrected chi connectivity index (χ0v) is 20.7. The monoisotopic (exact) mass is 579 g/mol. The molecule has 0 radical (unpaired) electrons. The lowest BCUT2D eigenvalue weighted by atomic mass is 10.2. The fourth-order valence-corrected chi connectivity index (χ4v) is 5.51. The van der Waals surface area contributed by atoms with Crippen LogP contribution in [0.15, 0.2) is 50.4 Å². The van der Waals surface area contributed by atoms with E-state index in [-0.39, 0.29) is 42.7 Å². The van der Waals surface area contributed by atoms with Crippen LogP contribution in [0.5, 0.6) is 0 Å². The summed E-state index contributed by atoms with van der Waals surface area (Å²) in [6.45, 7) is -0.457. The fourth-order valence-electron chi connectivity index (χ4n) is 3.03. The highest BCUT2D eigenvalue weighted by atomic mass is 35.5. The Bertz CT molecular complexity index is 1580. The number of anilines is 1. The maximum Gasteiger partial charge on any atom is 0.433 e. The summed E-state index contributed by atoms with van der Waals surface area (Å²) in [7, 11) is -3.02. The first-order valence-corrected chi connectivity index (χ1v) is 12.5. The zero-order valence-electron chi connectivity index (χ0n) is 18.3. The number of hydrogen-bond donors (Lipinski definition) is 3. The first-order valence-electron chi connectivity index (χ1n) is 9.86. The zero-order chi connectivity index (χ0) is 27.0. The molecule has 0 unspecified atom stereocenters. The SMILES string of the molecule is Cn1nc(-c2ccc(S(=O)(=O)NCc3nonc3/C(=N\O)Nc3ccc(F)c(Cl)c3)s2)cc1C(F)(F)F. The number of thiophene rings is 1. The Morgan fingerprint density at radius 3 is 2.65 bits per heavy atom. The van der Waals surface area contributed by atoms with Crippen molar-refractivity contribution >= 4 is 44.5 Å². The molecule has 0 aliphatic heterocycles. The molecule has 3 aromatic heterocycles. The lowest BCUT2D eigenvalue weighted by molar-refractivity contribution is -0.143. The highest BCUT2D eigenvalue weighted by Gasteiger charge is 2.35. The van der Waals surface area contributed by atoms with Gasteiger partial charge in [0.2, 0.25) is 15.9 Å². The van der Waals surface area contributed by atoms with Gasteiger partial charge in [-0.2, -0.15) is 18.3 Å². The topological polar surface area (TPSA) is 148 Å². The first kappa shape index (κ1) is 26.5. The van der Waals surface area contributed by atoms with Crippen LogP contribution in [0.1, 0.15) is 17.1 Å². The standard InChI is InChI=1S/C19H14ClF4N7O4S2/c1-31-15(19(22,23)24)7-12(27-31)14-4-5-16(36-14)37(33,34)25-8-13-17(30-35-29-13)18(28-32)26-9-2-3-11(21)10(20)6-9/h2-7,25,32H,8H2,1H3,(H,26,28). The maximum absolute atomic E-state index is 13.4. The van der Waals surface area contributed by atoms with Gasteiger partial charge in [0, 0.05) is 12.7 Å². The van der Waals surface area contributed by atoms with Crippen molar-refractivity contribution in [2.45, 2.75) is 16.9 Å². The average molecular weight is 580 g/mol. The lowest BCUT2D eigenvalue weighted by Crippen LogP contribution is -2.25. The van der Waals surface area contributed by atoms with Crippen LogP contribution in [0.25, 0.3) is 10.6 Å². The molecule has 0 spiro atoms. The van der Waals surface area contributed by atoms with E-state index in [0.717, 1.165) is 19.2 Å². The minimum atomic E-state index is -4.62. The summed E-state index contributed by atoms with van der Waals surface area (Å²) in [5.41, 5.74) is -1.04. The fraction of sp³-hybridized carbons (Fsp3) is 0.158. The number of halogens is 5. The van der Waals surface area contributed by atoms with Gasteiger partial charge >= 0.3 is 6.18 Å². The highest BCUT2D eigenvalue weighted by molar-refractivity contribution is 7.91. The summed E-state index contributed by atoms with van der Waals surface area (Å²) in [5, 5.41) is 25.9. The quantitative estimate of drug-likeness (QED) is 0.0976. The number of nitrogens with zero attached hydrogens (tertiary/aromatic N) is 5. The predicted octanol–water partition coefficient (Wildman–Crippen LogP) is 4.07. The number of aromatic nitrogens is 4. The van der Waals surface area contributed by atoms with Crippen molar-refractivity contribution in [1.82, 2.24) is 24.8 Å². The molecule has 3 N–H and O–H groups in total. The molecule has 0 aliphatic carbocycles. The molecule has 0 aliphatic rings. The van der Waals surface area contributed by atoms with E-state index in [1.807, 2.05) is 0 Å². The third-order valence-corrected chi connectivity index (χ3v) is 8.05. The van der Waals surface area contributed by atoms with Crippen molar-refractivity contribution in [2.75, 3.05) is 5.32 Å². The second-order valence-corrected chi connectivity index (χ2v) is 10.7. The Hall–Kier alpha value is -3.54. The van der Waals surface area contributed by atoms with Crippen LogP contribution >= 0.6 is 22.9 Å². The molecule has 37 heavy (non-hydrogen) atoms. The molecule has 0 amide bonds. The second-order valence-electron chi connectivity index (χ2n) is 7.24. The van der Waals surface area contributed by atoms with E-state index in [0.29, 0.717) is 16.0 Å². The molecule has 0 bridgehead atoms. The van der Waals surface area contributed by atoms with E-state index in [1.165, 1.54) is 24.3 Å². The first-order chi connectivity index (χ1) is 17.4. The molecule has 18 heteroatoms. The van der Waals surface area contributed by atoms with E-state index in [9.17, 15) is 31.2 Å². The number of hydrogen-bond acceptors (Lipinski definition) is 9. The molecule has 0 saturated carbocycles. The minimum Gasteiger partial charge on any atom is -0.409 e. The van der Waals surface area contributed by atoms with E-state index < -0.39 is 34.3 Å². The highest BCUT2D eigenvalue weighted by Crippen LogP contribution is 2.35. The molecule has 196 valence electrons. The van der Waals surface area contributed by atoms with Gasteiger partial charge in [-0.3, -0.25) is 4.68 Å². The van der Waals surface area contributed by atoms with Gasteiger partial charge in [-0.1, -0.05) is 21.9 Å². The molecule has 0 atom stereocenters. The van der Waals surface area contributed by atoms with Gasteiger partial charge in [-0.15, -0.1) is 11.3 Å². The number of nitrogens with one attached hydrogen (secondary N) is 2. The molecule has 4 aromatic rings. The second kappa shape index (κ2) is 10.1. The Kier molecular flexibility index (Phi) is 7.22. The summed E-state index contributed by atoms with van der Waals surface area (Å²) in [5.74, 6) is -0.972. The molecule has 4 rings (SSSR count). The summed E-state index contributed by atoms with van der Waals surface area (Å²) in [6.07, 6.45) is -4.62. The van der Waals surface area contributed by atoms with Crippen molar-refractivity contribution in [3.8, 4) is 10.6 Å². The van der Waals surface area contributed by atoms with Gasteiger partial charge in [-0.25, -0.2) is 22.2 Å². The number of amidine groups is 1. The third kappa shape index (κ3) is 5.74. The number of rotatable bonds is 7. The minimum absolute atomic E-state index is 0.0416. The molecule has 11 nitrogen and oxygen atoms in total. The Balaban J connectivity index is 1.49.